The summed E-state index contributed by atoms with van der Waals surface area (Å²) in [5, 5.41) is 10.8. The van der Waals surface area contributed by atoms with Gasteiger partial charge < -0.3 is 10.2 Å². The molecule has 3 nitrogen and oxygen atoms in total. The first-order chi connectivity index (χ1) is 6.34. The second-order valence-corrected chi connectivity index (χ2v) is 3.63. The Morgan fingerprint density at radius 3 is 2.23 bits per heavy atom. The summed E-state index contributed by atoms with van der Waals surface area (Å²) in [6, 6.07) is 0. The lowest BCUT2D eigenvalue weighted by Gasteiger charge is -2.27. The number of rotatable bonds is 1. The molecule has 1 aliphatic rings. The Kier molecular flexibility index (Phi) is 4.65. The SMILES string of the molecule is CCNC(=N)N1CCCCCCC1. The third-order valence-corrected chi connectivity index (χ3v) is 2.52. The number of nitrogens with one attached hydrogen (secondary N) is 2. The van der Waals surface area contributed by atoms with E-state index in [2.05, 4.69) is 10.2 Å². The van der Waals surface area contributed by atoms with Crippen LogP contribution in [-0.4, -0.2) is 30.5 Å². The van der Waals surface area contributed by atoms with Gasteiger partial charge in [0.1, 0.15) is 0 Å². The highest BCUT2D eigenvalue weighted by atomic mass is 15.3. The van der Waals surface area contributed by atoms with Crippen LogP contribution in [0.1, 0.15) is 39.0 Å². The molecular formula is C10H21N3. The van der Waals surface area contributed by atoms with E-state index in [1.165, 1.54) is 32.1 Å². The Labute approximate surface area is 81.0 Å². The Bertz CT molecular complexity index is 148. The van der Waals surface area contributed by atoms with Crippen molar-refractivity contribution < 1.29 is 0 Å². The van der Waals surface area contributed by atoms with Crippen molar-refractivity contribution in [3.05, 3.63) is 0 Å². The molecular weight excluding hydrogens is 162 g/mol. The molecule has 0 spiro atoms. The first kappa shape index (κ1) is 10.4. The molecule has 0 amide bonds. The fraction of sp³-hybridized carbons (Fsp3) is 0.900. The molecule has 0 unspecified atom stereocenters. The number of hydrogen-bond donors (Lipinski definition) is 2. The summed E-state index contributed by atoms with van der Waals surface area (Å²) >= 11 is 0. The second-order valence-electron chi connectivity index (χ2n) is 3.63. The molecule has 1 aliphatic heterocycles. The van der Waals surface area contributed by atoms with E-state index < -0.39 is 0 Å². The molecule has 0 saturated carbocycles. The van der Waals surface area contributed by atoms with Gasteiger partial charge in [0.2, 0.25) is 0 Å². The molecule has 0 atom stereocenters. The maximum atomic E-state index is 7.77. The van der Waals surface area contributed by atoms with Gasteiger partial charge in [-0.2, -0.15) is 0 Å². The number of hydrogen-bond acceptors (Lipinski definition) is 1. The topological polar surface area (TPSA) is 39.1 Å². The van der Waals surface area contributed by atoms with Crippen molar-refractivity contribution in [1.29, 1.82) is 5.41 Å². The summed E-state index contributed by atoms with van der Waals surface area (Å²) in [5.41, 5.74) is 0. The van der Waals surface area contributed by atoms with Crippen molar-refractivity contribution in [3.63, 3.8) is 0 Å². The van der Waals surface area contributed by atoms with Crippen molar-refractivity contribution in [3.8, 4) is 0 Å². The molecule has 2 N–H and O–H groups in total. The third-order valence-electron chi connectivity index (χ3n) is 2.52. The normalized spacial score (nSPS) is 19.0. The monoisotopic (exact) mass is 183 g/mol. The smallest absolute Gasteiger partial charge is 0.191 e. The van der Waals surface area contributed by atoms with Gasteiger partial charge in [-0.05, 0) is 19.8 Å². The maximum absolute atomic E-state index is 7.77. The minimum absolute atomic E-state index is 0.615. The molecule has 76 valence electrons. The van der Waals surface area contributed by atoms with E-state index >= 15 is 0 Å². The lowest BCUT2D eigenvalue weighted by Crippen LogP contribution is -2.42. The van der Waals surface area contributed by atoms with Gasteiger partial charge in [0.25, 0.3) is 0 Å². The van der Waals surface area contributed by atoms with E-state index in [9.17, 15) is 0 Å². The highest BCUT2D eigenvalue weighted by Gasteiger charge is 2.09. The third kappa shape index (κ3) is 3.66. The van der Waals surface area contributed by atoms with Crippen LogP contribution in [0.15, 0.2) is 0 Å². The molecule has 0 aromatic carbocycles. The molecule has 1 heterocycles. The van der Waals surface area contributed by atoms with Gasteiger partial charge >= 0.3 is 0 Å². The second kappa shape index (κ2) is 5.84. The van der Waals surface area contributed by atoms with Crippen molar-refractivity contribution >= 4 is 5.96 Å². The molecule has 0 bridgehead atoms. The predicted octanol–water partition coefficient (Wildman–Crippen LogP) is 1.80. The molecule has 13 heavy (non-hydrogen) atoms. The van der Waals surface area contributed by atoms with Crippen LogP contribution in [-0.2, 0) is 0 Å². The number of nitrogens with zero attached hydrogens (tertiary/aromatic N) is 1. The van der Waals surface area contributed by atoms with E-state index in [1.807, 2.05) is 6.92 Å². The molecule has 3 heteroatoms. The highest BCUT2D eigenvalue weighted by Crippen LogP contribution is 2.09. The van der Waals surface area contributed by atoms with Crippen LogP contribution in [0, 0.1) is 5.41 Å². The van der Waals surface area contributed by atoms with Crippen molar-refractivity contribution in [2.45, 2.75) is 39.0 Å². The van der Waals surface area contributed by atoms with Crippen LogP contribution in [0.5, 0.6) is 0 Å². The quantitative estimate of drug-likeness (QED) is 0.480. The fourth-order valence-corrected chi connectivity index (χ4v) is 1.75. The van der Waals surface area contributed by atoms with Crippen molar-refractivity contribution in [2.24, 2.45) is 0 Å². The predicted molar refractivity (Wildman–Crippen MR) is 56.1 cm³/mol. The number of likely N-dealkylation sites (tertiary alicyclic amines) is 1. The fourth-order valence-electron chi connectivity index (χ4n) is 1.75. The summed E-state index contributed by atoms with van der Waals surface area (Å²) in [4.78, 5) is 2.17. The van der Waals surface area contributed by atoms with E-state index in [1.54, 1.807) is 0 Å². The minimum atomic E-state index is 0.615. The minimum Gasteiger partial charge on any atom is -0.357 e. The van der Waals surface area contributed by atoms with Crippen LogP contribution in [0.25, 0.3) is 0 Å². The van der Waals surface area contributed by atoms with Crippen LogP contribution >= 0.6 is 0 Å². The molecule has 0 radical (unpaired) electrons. The summed E-state index contributed by atoms with van der Waals surface area (Å²) in [7, 11) is 0. The highest BCUT2D eigenvalue weighted by molar-refractivity contribution is 5.76. The summed E-state index contributed by atoms with van der Waals surface area (Å²) in [5.74, 6) is 0.615. The van der Waals surface area contributed by atoms with Gasteiger partial charge in [0.15, 0.2) is 5.96 Å². The molecule has 1 saturated heterocycles. The average molecular weight is 183 g/mol. The summed E-state index contributed by atoms with van der Waals surface area (Å²) in [6.45, 7) is 5.02. The number of guanidine groups is 1. The van der Waals surface area contributed by atoms with Gasteiger partial charge in [0.05, 0.1) is 0 Å². The van der Waals surface area contributed by atoms with Gasteiger partial charge in [-0.3, -0.25) is 5.41 Å². The Balaban J connectivity index is 2.32. The van der Waals surface area contributed by atoms with Gasteiger partial charge in [-0.1, -0.05) is 19.3 Å². The Morgan fingerprint density at radius 1 is 1.15 bits per heavy atom. The van der Waals surface area contributed by atoms with Gasteiger partial charge in [0, 0.05) is 19.6 Å². The van der Waals surface area contributed by atoms with Crippen molar-refractivity contribution in [2.75, 3.05) is 19.6 Å². The van der Waals surface area contributed by atoms with Crippen molar-refractivity contribution in [1.82, 2.24) is 10.2 Å². The first-order valence-corrected chi connectivity index (χ1v) is 5.42. The standard InChI is InChI=1S/C10H21N3/c1-2-12-10(11)13-8-6-4-3-5-7-9-13/h2-9H2,1H3,(H2,11,12). The Morgan fingerprint density at radius 2 is 1.69 bits per heavy atom. The van der Waals surface area contributed by atoms with Crippen LogP contribution in [0.3, 0.4) is 0 Å². The summed E-state index contributed by atoms with van der Waals surface area (Å²) < 4.78 is 0. The van der Waals surface area contributed by atoms with Crippen LogP contribution in [0.4, 0.5) is 0 Å². The van der Waals surface area contributed by atoms with E-state index in [4.69, 9.17) is 5.41 Å². The molecule has 1 rings (SSSR count). The van der Waals surface area contributed by atoms with E-state index in [-0.39, 0.29) is 0 Å². The summed E-state index contributed by atoms with van der Waals surface area (Å²) in [6.07, 6.45) is 6.52. The Hall–Kier alpha value is -0.730. The maximum Gasteiger partial charge on any atom is 0.191 e. The molecule has 0 aliphatic carbocycles. The van der Waals surface area contributed by atoms with Crippen LogP contribution < -0.4 is 5.32 Å². The lowest BCUT2D eigenvalue weighted by molar-refractivity contribution is 0.350. The van der Waals surface area contributed by atoms with Gasteiger partial charge in [-0.15, -0.1) is 0 Å². The molecule has 0 aromatic heterocycles. The first-order valence-electron chi connectivity index (χ1n) is 5.42. The zero-order chi connectivity index (χ0) is 9.52. The van der Waals surface area contributed by atoms with Gasteiger partial charge in [-0.25, -0.2) is 0 Å². The molecule has 1 fully saturated rings. The zero-order valence-electron chi connectivity index (χ0n) is 8.60. The molecule has 0 aromatic rings. The van der Waals surface area contributed by atoms with E-state index in [0.717, 1.165) is 19.6 Å². The average Bonchev–Trinajstić information content (AvgIpc) is 2.03. The lowest BCUT2D eigenvalue weighted by atomic mass is 10.1. The van der Waals surface area contributed by atoms with E-state index in [0.29, 0.717) is 5.96 Å². The van der Waals surface area contributed by atoms with Crippen LogP contribution in [0.2, 0.25) is 0 Å². The largest absolute Gasteiger partial charge is 0.357 e. The zero-order valence-corrected chi connectivity index (χ0v) is 8.60.